The van der Waals surface area contributed by atoms with E-state index in [4.69, 9.17) is 9.47 Å². The third kappa shape index (κ3) is 10.6. The Morgan fingerprint density at radius 2 is 1.60 bits per heavy atom. The number of likely N-dealkylation sites (tertiary alicyclic amines) is 1. The van der Waals surface area contributed by atoms with E-state index in [-0.39, 0.29) is 50.1 Å². The largest absolute Gasteiger partial charge is 0.463 e. The SMILES string of the molecule is C=CC[C@@H](CC(=O)N1CCC[C@H]1CO)C(=O)N[C@@H](COCc1ccccc1)COC(=O)[C@@H](CC=C)Cc1ccccc1. The fourth-order valence-electron chi connectivity index (χ4n) is 5.17. The minimum atomic E-state index is -0.645. The van der Waals surface area contributed by atoms with Gasteiger partial charge in [-0.25, -0.2) is 0 Å². The summed E-state index contributed by atoms with van der Waals surface area (Å²) < 4.78 is 11.6. The van der Waals surface area contributed by atoms with E-state index in [1.165, 1.54) is 0 Å². The Bertz CT molecular complexity index is 1140. The normalized spacial score (nSPS) is 16.7. The van der Waals surface area contributed by atoms with Crippen LogP contribution in [0.15, 0.2) is 86.0 Å². The van der Waals surface area contributed by atoms with Gasteiger partial charge in [0.2, 0.25) is 11.8 Å². The number of aliphatic hydroxyl groups excluding tert-OH is 1. The van der Waals surface area contributed by atoms with E-state index in [1.54, 1.807) is 17.1 Å². The highest BCUT2D eigenvalue weighted by atomic mass is 16.5. The van der Waals surface area contributed by atoms with Crippen molar-refractivity contribution >= 4 is 17.8 Å². The summed E-state index contributed by atoms with van der Waals surface area (Å²) in [7, 11) is 0. The summed E-state index contributed by atoms with van der Waals surface area (Å²) in [6, 6.07) is 18.6. The van der Waals surface area contributed by atoms with Gasteiger partial charge < -0.3 is 24.8 Å². The highest BCUT2D eigenvalue weighted by molar-refractivity contribution is 5.86. The van der Waals surface area contributed by atoms with Gasteiger partial charge in [-0.15, -0.1) is 13.2 Å². The monoisotopic (exact) mass is 576 g/mol. The lowest BCUT2D eigenvalue weighted by atomic mass is 9.96. The number of allylic oxidation sites excluding steroid dienone is 2. The molecule has 0 spiro atoms. The van der Waals surface area contributed by atoms with Gasteiger partial charge in [0.15, 0.2) is 0 Å². The zero-order valence-corrected chi connectivity index (χ0v) is 24.4. The molecule has 2 aromatic rings. The Kier molecular flexibility index (Phi) is 14.0. The van der Waals surface area contributed by atoms with Crippen LogP contribution in [0, 0.1) is 11.8 Å². The van der Waals surface area contributed by atoms with Crippen molar-refractivity contribution in [3.63, 3.8) is 0 Å². The van der Waals surface area contributed by atoms with Gasteiger partial charge >= 0.3 is 5.97 Å². The molecule has 3 rings (SSSR count). The molecule has 2 amide bonds. The standard InChI is InChI=1S/C34H44N2O6/c1-3-12-28(21-32(38)36-19-11-18-31(36)22-37)33(39)35-30(24-41-23-27-16-9-6-10-17-27)25-42-34(40)29(13-4-2)20-26-14-7-5-8-15-26/h3-10,14-17,28-31,37H,1-2,11-13,18-25H2,(H,35,39)/t28-,29-,30-,31-/m0/s1. The molecule has 4 atom stereocenters. The van der Waals surface area contributed by atoms with E-state index in [9.17, 15) is 19.5 Å². The van der Waals surface area contributed by atoms with Crippen molar-refractivity contribution in [3.8, 4) is 0 Å². The molecule has 42 heavy (non-hydrogen) atoms. The number of nitrogens with one attached hydrogen (secondary N) is 1. The highest BCUT2D eigenvalue weighted by Gasteiger charge is 2.32. The van der Waals surface area contributed by atoms with Crippen LogP contribution in [0.2, 0.25) is 0 Å². The molecule has 8 nitrogen and oxygen atoms in total. The van der Waals surface area contributed by atoms with E-state index < -0.39 is 17.9 Å². The quantitative estimate of drug-likeness (QED) is 0.203. The van der Waals surface area contributed by atoms with Crippen LogP contribution >= 0.6 is 0 Å². The fraction of sp³-hybridized carbons (Fsp3) is 0.441. The molecule has 0 radical (unpaired) electrons. The van der Waals surface area contributed by atoms with Gasteiger partial charge in [-0.2, -0.15) is 0 Å². The lowest BCUT2D eigenvalue weighted by Gasteiger charge is -2.26. The molecule has 8 heteroatoms. The van der Waals surface area contributed by atoms with Gasteiger partial charge in [-0.1, -0.05) is 72.8 Å². The van der Waals surface area contributed by atoms with Crippen molar-refractivity contribution in [2.75, 3.05) is 26.4 Å². The van der Waals surface area contributed by atoms with Crippen LogP contribution in [0.1, 0.15) is 43.2 Å². The number of hydrogen-bond donors (Lipinski definition) is 2. The average Bonchev–Trinajstić information content (AvgIpc) is 3.49. The van der Waals surface area contributed by atoms with Crippen LogP contribution in [0.3, 0.4) is 0 Å². The van der Waals surface area contributed by atoms with E-state index >= 15 is 0 Å². The van der Waals surface area contributed by atoms with E-state index in [0.29, 0.717) is 32.4 Å². The van der Waals surface area contributed by atoms with Crippen molar-refractivity contribution in [3.05, 3.63) is 97.1 Å². The Hall–Kier alpha value is -3.75. The first-order valence-electron chi connectivity index (χ1n) is 14.7. The number of aliphatic hydroxyl groups is 1. The van der Waals surface area contributed by atoms with Crippen molar-refractivity contribution in [1.29, 1.82) is 0 Å². The molecular weight excluding hydrogens is 532 g/mol. The second-order valence-electron chi connectivity index (χ2n) is 10.7. The molecule has 1 saturated heterocycles. The zero-order valence-electron chi connectivity index (χ0n) is 24.4. The maximum absolute atomic E-state index is 13.4. The first-order valence-corrected chi connectivity index (χ1v) is 14.7. The molecule has 0 saturated carbocycles. The lowest BCUT2D eigenvalue weighted by Crippen LogP contribution is -2.46. The average molecular weight is 577 g/mol. The third-order valence-electron chi connectivity index (χ3n) is 7.46. The van der Waals surface area contributed by atoms with Crippen LogP contribution < -0.4 is 5.32 Å². The van der Waals surface area contributed by atoms with Gasteiger partial charge in [0.1, 0.15) is 6.61 Å². The Morgan fingerprint density at radius 3 is 2.24 bits per heavy atom. The molecule has 1 fully saturated rings. The summed E-state index contributed by atoms with van der Waals surface area (Å²) in [5.74, 6) is -1.92. The number of amides is 2. The summed E-state index contributed by atoms with van der Waals surface area (Å²) in [4.78, 5) is 41.2. The van der Waals surface area contributed by atoms with E-state index in [0.717, 1.165) is 24.0 Å². The fourth-order valence-corrected chi connectivity index (χ4v) is 5.17. The minimum Gasteiger partial charge on any atom is -0.463 e. The Morgan fingerprint density at radius 1 is 0.952 bits per heavy atom. The van der Waals surface area contributed by atoms with Crippen molar-refractivity contribution in [1.82, 2.24) is 10.2 Å². The number of benzene rings is 2. The lowest BCUT2D eigenvalue weighted by molar-refractivity contribution is -0.150. The smallest absolute Gasteiger partial charge is 0.309 e. The Balaban J connectivity index is 1.65. The number of esters is 1. The van der Waals surface area contributed by atoms with Crippen LogP contribution in [0.5, 0.6) is 0 Å². The number of rotatable bonds is 18. The van der Waals surface area contributed by atoms with Crippen molar-refractivity contribution < 1.29 is 29.0 Å². The second kappa shape index (κ2) is 17.9. The van der Waals surface area contributed by atoms with Crippen LogP contribution in [0.4, 0.5) is 0 Å². The van der Waals surface area contributed by atoms with Crippen molar-refractivity contribution in [2.24, 2.45) is 11.8 Å². The summed E-state index contributed by atoms with van der Waals surface area (Å²) in [6.07, 6.45) is 6.20. The van der Waals surface area contributed by atoms with Crippen LogP contribution in [-0.2, 0) is 36.9 Å². The molecule has 2 N–H and O–H groups in total. The molecule has 0 bridgehead atoms. The predicted molar refractivity (Wildman–Crippen MR) is 162 cm³/mol. The number of carbonyl (C=O) groups excluding carboxylic acids is 3. The molecule has 1 heterocycles. The molecule has 226 valence electrons. The molecule has 2 aromatic carbocycles. The Labute approximate surface area is 249 Å². The molecule has 0 aliphatic carbocycles. The molecule has 0 aromatic heterocycles. The van der Waals surface area contributed by atoms with Gasteiger partial charge in [-0.3, -0.25) is 14.4 Å². The van der Waals surface area contributed by atoms with Gasteiger partial charge in [0, 0.05) is 13.0 Å². The van der Waals surface area contributed by atoms with Gasteiger partial charge in [0.05, 0.1) is 43.7 Å². The van der Waals surface area contributed by atoms with Crippen LogP contribution in [0.25, 0.3) is 0 Å². The van der Waals surface area contributed by atoms with Gasteiger partial charge in [0.25, 0.3) is 0 Å². The number of nitrogens with zero attached hydrogens (tertiary/aromatic N) is 1. The summed E-state index contributed by atoms with van der Waals surface area (Å²) >= 11 is 0. The number of ether oxygens (including phenoxy) is 2. The molecule has 1 aliphatic heterocycles. The van der Waals surface area contributed by atoms with Crippen molar-refractivity contribution in [2.45, 2.75) is 57.2 Å². The molecule has 0 unspecified atom stereocenters. The summed E-state index contributed by atoms with van der Waals surface area (Å²) in [5.41, 5.74) is 2.00. The third-order valence-corrected chi connectivity index (χ3v) is 7.46. The van der Waals surface area contributed by atoms with E-state index in [1.807, 2.05) is 60.7 Å². The molecule has 1 aliphatic rings. The maximum atomic E-state index is 13.4. The minimum absolute atomic E-state index is 0.00418. The van der Waals surface area contributed by atoms with Gasteiger partial charge in [-0.05, 0) is 43.2 Å². The second-order valence-corrected chi connectivity index (χ2v) is 10.7. The highest BCUT2D eigenvalue weighted by Crippen LogP contribution is 2.21. The summed E-state index contributed by atoms with van der Waals surface area (Å²) in [5, 5.41) is 12.6. The number of carbonyl (C=O) groups is 3. The number of hydrogen-bond acceptors (Lipinski definition) is 6. The van der Waals surface area contributed by atoms with Crippen LogP contribution in [-0.4, -0.2) is 66.2 Å². The first-order chi connectivity index (χ1) is 20.4. The first kappa shape index (κ1) is 32.8. The van der Waals surface area contributed by atoms with E-state index in [2.05, 4.69) is 18.5 Å². The maximum Gasteiger partial charge on any atom is 0.309 e. The molecular formula is C34H44N2O6. The zero-order chi connectivity index (χ0) is 30.2. The predicted octanol–water partition coefficient (Wildman–Crippen LogP) is 4.23. The summed E-state index contributed by atoms with van der Waals surface area (Å²) in [6.45, 7) is 8.42. The topological polar surface area (TPSA) is 105 Å².